The van der Waals surface area contributed by atoms with Crippen LogP contribution in [0.3, 0.4) is 0 Å². The second-order valence-corrected chi connectivity index (χ2v) is 8.88. The summed E-state index contributed by atoms with van der Waals surface area (Å²) in [6.07, 6.45) is 2.14. The fourth-order valence-electron chi connectivity index (χ4n) is 4.10. The Morgan fingerprint density at radius 1 is 1.16 bits per heavy atom. The number of rotatable bonds is 7. The van der Waals surface area contributed by atoms with Crippen LogP contribution < -0.4 is 10.1 Å². The fourth-order valence-corrected chi connectivity index (χ4v) is 5.16. The van der Waals surface area contributed by atoms with E-state index in [1.165, 1.54) is 21.6 Å². The molecular weight excluding hydrogens is 416 g/mol. The maximum absolute atomic E-state index is 9.53. The van der Waals surface area contributed by atoms with Crippen LogP contribution in [-0.2, 0) is 6.42 Å². The smallest absolute Gasteiger partial charge is 0.137 e. The van der Waals surface area contributed by atoms with Gasteiger partial charge in [-0.05, 0) is 79.3 Å². The van der Waals surface area contributed by atoms with E-state index >= 15 is 0 Å². The molecule has 0 saturated carbocycles. The molecule has 1 aliphatic carbocycles. The summed E-state index contributed by atoms with van der Waals surface area (Å²) in [6, 6.07) is 19.2. The molecule has 1 aromatic heterocycles. The van der Waals surface area contributed by atoms with E-state index in [0.717, 1.165) is 23.3 Å². The van der Waals surface area contributed by atoms with Gasteiger partial charge in [0.05, 0.1) is 18.3 Å². The minimum Gasteiger partial charge on any atom is -0.490 e. The highest BCUT2D eigenvalue weighted by Crippen LogP contribution is 2.42. The van der Waals surface area contributed by atoms with Crippen molar-refractivity contribution < 1.29 is 9.84 Å². The predicted octanol–water partition coefficient (Wildman–Crippen LogP) is 6.34. The summed E-state index contributed by atoms with van der Waals surface area (Å²) >= 11 is 1.75. The molecule has 0 bridgehead atoms. The van der Waals surface area contributed by atoms with E-state index < -0.39 is 0 Å². The quantitative estimate of drug-likeness (QED) is 0.443. The number of fused-ring (bicyclic) bond motifs is 1. The van der Waals surface area contributed by atoms with Gasteiger partial charge in [0.15, 0.2) is 0 Å². The molecule has 1 atom stereocenters. The van der Waals surface area contributed by atoms with Crippen LogP contribution in [0.5, 0.6) is 5.75 Å². The first kappa shape index (κ1) is 24.0. The summed E-state index contributed by atoms with van der Waals surface area (Å²) in [7, 11) is 0. The SMILES string of the molecule is CC.CC(C)Oc1ccc(-c2ccc(-c3cccc4c3CCC4NCCO)s2)cc1C#N. The van der Waals surface area contributed by atoms with Crippen molar-refractivity contribution in [3.8, 4) is 32.7 Å². The van der Waals surface area contributed by atoms with Gasteiger partial charge in [-0.1, -0.05) is 32.0 Å². The summed E-state index contributed by atoms with van der Waals surface area (Å²) in [6.45, 7) is 8.70. The molecule has 168 valence electrons. The lowest BCUT2D eigenvalue weighted by atomic mass is 10.0. The molecule has 0 fully saturated rings. The molecule has 0 aliphatic heterocycles. The summed E-state index contributed by atoms with van der Waals surface area (Å²) in [5, 5.41) is 22.1. The van der Waals surface area contributed by atoms with Gasteiger partial charge in [0, 0.05) is 22.3 Å². The van der Waals surface area contributed by atoms with Crippen molar-refractivity contribution in [1.82, 2.24) is 5.32 Å². The third-order valence-corrected chi connectivity index (χ3v) is 6.56. The number of aliphatic hydroxyl groups excluding tert-OH is 1. The molecule has 1 aliphatic rings. The zero-order chi connectivity index (χ0) is 23.1. The summed E-state index contributed by atoms with van der Waals surface area (Å²) in [4.78, 5) is 2.38. The van der Waals surface area contributed by atoms with Gasteiger partial charge in [-0.2, -0.15) is 5.26 Å². The first-order valence-electron chi connectivity index (χ1n) is 11.4. The van der Waals surface area contributed by atoms with Gasteiger partial charge in [-0.25, -0.2) is 0 Å². The number of ether oxygens (including phenoxy) is 1. The van der Waals surface area contributed by atoms with Crippen LogP contribution in [-0.4, -0.2) is 24.4 Å². The molecular formula is C27H32N2O2S. The Bertz CT molecular complexity index is 1080. The molecule has 0 saturated heterocycles. The number of hydrogen-bond acceptors (Lipinski definition) is 5. The van der Waals surface area contributed by atoms with Gasteiger partial charge in [-0.3, -0.25) is 0 Å². The molecule has 0 spiro atoms. The zero-order valence-corrected chi connectivity index (χ0v) is 20.1. The number of aliphatic hydroxyl groups is 1. The Morgan fingerprint density at radius 2 is 1.94 bits per heavy atom. The molecule has 32 heavy (non-hydrogen) atoms. The maximum atomic E-state index is 9.53. The average Bonchev–Trinajstić information content (AvgIpc) is 3.46. The highest BCUT2D eigenvalue weighted by Gasteiger charge is 2.24. The van der Waals surface area contributed by atoms with Gasteiger partial charge in [-0.15, -0.1) is 11.3 Å². The van der Waals surface area contributed by atoms with E-state index in [-0.39, 0.29) is 12.7 Å². The number of thiophene rings is 1. The van der Waals surface area contributed by atoms with E-state index in [2.05, 4.69) is 41.7 Å². The normalized spacial score (nSPS) is 14.5. The van der Waals surface area contributed by atoms with Crippen LogP contribution in [0.4, 0.5) is 0 Å². The largest absolute Gasteiger partial charge is 0.490 e. The van der Waals surface area contributed by atoms with Gasteiger partial charge in [0.1, 0.15) is 11.8 Å². The molecule has 5 heteroatoms. The molecule has 0 radical (unpaired) electrons. The average molecular weight is 449 g/mol. The Balaban J connectivity index is 0.00000141. The molecule has 4 nitrogen and oxygen atoms in total. The molecule has 0 amide bonds. The van der Waals surface area contributed by atoms with E-state index in [1.54, 1.807) is 11.3 Å². The Hall–Kier alpha value is -2.65. The summed E-state index contributed by atoms with van der Waals surface area (Å²) in [5.74, 6) is 0.635. The van der Waals surface area contributed by atoms with Gasteiger partial charge >= 0.3 is 0 Å². The van der Waals surface area contributed by atoms with Crippen molar-refractivity contribution in [1.29, 1.82) is 5.26 Å². The summed E-state index contributed by atoms with van der Waals surface area (Å²) < 4.78 is 5.75. The molecule has 1 unspecified atom stereocenters. The Labute approximate surface area is 195 Å². The zero-order valence-electron chi connectivity index (χ0n) is 19.3. The van der Waals surface area contributed by atoms with E-state index in [4.69, 9.17) is 9.84 Å². The van der Waals surface area contributed by atoms with Crippen LogP contribution in [0.15, 0.2) is 48.5 Å². The van der Waals surface area contributed by atoms with Crippen molar-refractivity contribution in [2.45, 2.75) is 52.7 Å². The van der Waals surface area contributed by atoms with Crippen molar-refractivity contribution in [3.63, 3.8) is 0 Å². The second-order valence-electron chi connectivity index (χ2n) is 7.80. The number of hydrogen-bond donors (Lipinski definition) is 2. The first-order valence-corrected chi connectivity index (χ1v) is 12.2. The van der Waals surface area contributed by atoms with Gasteiger partial charge in [0.25, 0.3) is 0 Å². The van der Waals surface area contributed by atoms with Crippen molar-refractivity contribution >= 4 is 11.3 Å². The lowest BCUT2D eigenvalue weighted by Crippen LogP contribution is -2.22. The third kappa shape index (κ3) is 5.21. The van der Waals surface area contributed by atoms with Gasteiger partial charge in [0.2, 0.25) is 0 Å². The molecule has 1 heterocycles. The van der Waals surface area contributed by atoms with Gasteiger partial charge < -0.3 is 15.2 Å². The van der Waals surface area contributed by atoms with E-state index in [1.807, 2.05) is 45.9 Å². The van der Waals surface area contributed by atoms with E-state index in [0.29, 0.717) is 23.9 Å². The first-order chi connectivity index (χ1) is 15.6. The monoisotopic (exact) mass is 448 g/mol. The number of nitrogens with zero attached hydrogens (tertiary/aromatic N) is 1. The van der Waals surface area contributed by atoms with Crippen molar-refractivity contribution in [2.24, 2.45) is 0 Å². The summed E-state index contributed by atoms with van der Waals surface area (Å²) in [5.41, 5.74) is 5.64. The van der Waals surface area contributed by atoms with Crippen LogP contribution >= 0.6 is 11.3 Å². The Morgan fingerprint density at radius 3 is 2.66 bits per heavy atom. The van der Waals surface area contributed by atoms with Crippen molar-refractivity contribution in [2.75, 3.05) is 13.2 Å². The minimum atomic E-state index is 0.0344. The Kier molecular flexibility index (Phi) is 8.46. The predicted molar refractivity (Wildman–Crippen MR) is 133 cm³/mol. The van der Waals surface area contributed by atoms with Crippen LogP contribution in [0.1, 0.15) is 56.8 Å². The minimum absolute atomic E-state index is 0.0344. The molecule has 3 aromatic rings. The lowest BCUT2D eigenvalue weighted by Gasteiger charge is -2.14. The molecule has 2 N–H and O–H groups in total. The lowest BCUT2D eigenvalue weighted by molar-refractivity contribution is 0.242. The second kappa shape index (κ2) is 11.3. The fraction of sp³-hybridized carbons (Fsp3) is 0.370. The standard InChI is InChI=1S/C25H26N2O2S.C2H6/c1-16(2)29-23-9-6-17(14-18(23)15-26)24-10-11-25(30-24)21-5-3-4-20-19(21)7-8-22(20)27-12-13-28;1-2/h3-6,9-11,14,16,22,27-28H,7-8,12-13H2,1-2H3;1-2H3. The maximum Gasteiger partial charge on any atom is 0.137 e. The van der Waals surface area contributed by atoms with Crippen LogP contribution in [0.25, 0.3) is 20.9 Å². The molecule has 2 aromatic carbocycles. The van der Waals surface area contributed by atoms with Crippen LogP contribution in [0.2, 0.25) is 0 Å². The highest BCUT2D eigenvalue weighted by molar-refractivity contribution is 7.18. The highest BCUT2D eigenvalue weighted by atomic mass is 32.1. The number of benzene rings is 2. The third-order valence-electron chi connectivity index (χ3n) is 5.39. The number of nitrogens with one attached hydrogen (secondary N) is 1. The topological polar surface area (TPSA) is 65.3 Å². The number of nitriles is 1. The molecule has 4 rings (SSSR count). The van der Waals surface area contributed by atoms with Crippen molar-refractivity contribution in [3.05, 3.63) is 65.2 Å². The van der Waals surface area contributed by atoms with E-state index in [9.17, 15) is 5.26 Å². The van der Waals surface area contributed by atoms with Crippen LogP contribution in [0, 0.1) is 11.3 Å².